The van der Waals surface area contributed by atoms with E-state index in [2.05, 4.69) is 10.6 Å². The molecule has 6 nitrogen and oxygen atoms in total. The van der Waals surface area contributed by atoms with Crippen molar-refractivity contribution in [2.75, 3.05) is 18.5 Å². The van der Waals surface area contributed by atoms with Crippen molar-refractivity contribution in [3.05, 3.63) is 59.7 Å². The molecule has 0 fully saturated rings. The molecule has 25 heavy (non-hydrogen) atoms. The van der Waals surface area contributed by atoms with Crippen LogP contribution >= 0.6 is 0 Å². The molecule has 2 aromatic rings. The highest BCUT2D eigenvalue weighted by atomic mass is 16.5. The quantitative estimate of drug-likeness (QED) is 0.652. The fourth-order valence-corrected chi connectivity index (χ4v) is 2.27. The molecule has 2 rings (SSSR count). The van der Waals surface area contributed by atoms with Crippen LogP contribution in [-0.4, -0.2) is 25.0 Å². The Morgan fingerprint density at radius 2 is 1.92 bits per heavy atom. The van der Waals surface area contributed by atoms with E-state index in [1.165, 1.54) is 0 Å². The molecule has 0 heterocycles. The summed E-state index contributed by atoms with van der Waals surface area (Å²) in [5.74, 6) is -0.132. The Labute approximate surface area is 147 Å². The molecule has 2 aromatic carbocycles. The smallest absolute Gasteiger partial charge is 0.248 e. The third-order valence-electron chi connectivity index (χ3n) is 3.57. The molecule has 0 aliphatic heterocycles. The fraction of sp³-hybridized carbons (Fsp3) is 0.263. The van der Waals surface area contributed by atoms with E-state index >= 15 is 0 Å². The first-order valence-corrected chi connectivity index (χ1v) is 8.21. The number of amides is 2. The summed E-state index contributed by atoms with van der Waals surface area (Å²) in [5.41, 5.74) is 7.44. The summed E-state index contributed by atoms with van der Waals surface area (Å²) in [6.45, 7) is 3.80. The van der Waals surface area contributed by atoms with E-state index in [1.807, 2.05) is 31.2 Å². The largest absolute Gasteiger partial charge is 0.493 e. The van der Waals surface area contributed by atoms with Crippen LogP contribution in [0.1, 0.15) is 29.3 Å². The van der Waals surface area contributed by atoms with E-state index in [-0.39, 0.29) is 18.9 Å². The van der Waals surface area contributed by atoms with Gasteiger partial charge in [-0.05, 0) is 36.4 Å². The van der Waals surface area contributed by atoms with E-state index < -0.39 is 5.91 Å². The second-order valence-electron chi connectivity index (χ2n) is 5.48. The zero-order valence-electron chi connectivity index (χ0n) is 14.2. The molecule has 2 amide bonds. The van der Waals surface area contributed by atoms with Crippen LogP contribution < -0.4 is 21.1 Å². The molecule has 6 heteroatoms. The van der Waals surface area contributed by atoms with Gasteiger partial charge < -0.3 is 21.1 Å². The molecule has 0 spiro atoms. The first-order chi connectivity index (χ1) is 12.1. The van der Waals surface area contributed by atoms with Gasteiger partial charge in [0.2, 0.25) is 11.8 Å². The van der Waals surface area contributed by atoms with Crippen molar-refractivity contribution in [1.29, 1.82) is 0 Å². The molecular weight excluding hydrogens is 318 g/mol. The molecule has 0 bridgehead atoms. The molecule has 0 atom stereocenters. The van der Waals surface area contributed by atoms with Gasteiger partial charge in [-0.1, -0.05) is 31.2 Å². The maximum absolute atomic E-state index is 12.1. The van der Waals surface area contributed by atoms with Gasteiger partial charge in [-0.3, -0.25) is 9.59 Å². The zero-order chi connectivity index (χ0) is 18.1. The maximum Gasteiger partial charge on any atom is 0.248 e. The minimum absolute atomic E-state index is 0.130. The van der Waals surface area contributed by atoms with E-state index in [1.54, 1.807) is 24.3 Å². The van der Waals surface area contributed by atoms with Crippen LogP contribution in [0, 0.1) is 0 Å². The average Bonchev–Trinajstić information content (AvgIpc) is 2.61. The third kappa shape index (κ3) is 5.93. The van der Waals surface area contributed by atoms with Gasteiger partial charge in [0.05, 0.1) is 13.0 Å². The number of rotatable bonds is 9. The summed E-state index contributed by atoms with van der Waals surface area (Å²) in [5, 5.41) is 6.15. The maximum atomic E-state index is 12.1. The van der Waals surface area contributed by atoms with Crippen LogP contribution in [0.15, 0.2) is 48.5 Å². The summed E-state index contributed by atoms with van der Waals surface area (Å²) in [6.07, 6.45) is 0.205. The SMILES string of the molecule is CCNCc1ccccc1NC(=O)CCOc1cccc(C(N)=O)c1. The molecule has 0 unspecified atom stereocenters. The minimum atomic E-state index is -0.513. The van der Waals surface area contributed by atoms with E-state index in [0.717, 1.165) is 17.8 Å². The molecule has 0 aromatic heterocycles. The molecule has 0 saturated carbocycles. The van der Waals surface area contributed by atoms with Gasteiger partial charge in [0.25, 0.3) is 0 Å². The normalized spacial score (nSPS) is 10.3. The lowest BCUT2D eigenvalue weighted by atomic mass is 10.1. The van der Waals surface area contributed by atoms with E-state index in [4.69, 9.17) is 10.5 Å². The van der Waals surface area contributed by atoms with Crippen LogP contribution in [0.2, 0.25) is 0 Å². The number of primary amides is 1. The lowest BCUT2D eigenvalue weighted by Crippen LogP contribution is -2.18. The molecule has 0 saturated heterocycles. The minimum Gasteiger partial charge on any atom is -0.493 e. The highest BCUT2D eigenvalue weighted by Crippen LogP contribution is 2.16. The van der Waals surface area contributed by atoms with Crippen molar-refractivity contribution in [3.8, 4) is 5.75 Å². The van der Waals surface area contributed by atoms with Gasteiger partial charge in [0, 0.05) is 17.8 Å². The van der Waals surface area contributed by atoms with Gasteiger partial charge in [0.1, 0.15) is 5.75 Å². The summed E-state index contributed by atoms with van der Waals surface area (Å²) in [6, 6.07) is 14.3. The van der Waals surface area contributed by atoms with Crippen LogP contribution in [0.25, 0.3) is 0 Å². The van der Waals surface area contributed by atoms with Gasteiger partial charge in [-0.2, -0.15) is 0 Å². The summed E-state index contributed by atoms with van der Waals surface area (Å²) >= 11 is 0. The second kappa shape index (κ2) is 9.44. The van der Waals surface area contributed by atoms with Crippen LogP contribution in [0.4, 0.5) is 5.69 Å². The van der Waals surface area contributed by atoms with Crippen molar-refractivity contribution in [1.82, 2.24) is 5.32 Å². The number of nitrogens with one attached hydrogen (secondary N) is 2. The number of benzene rings is 2. The highest BCUT2D eigenvalue weighted by molar-refractivity contribution is 5.93. The Bertz CT molecular complexity index is 731. The number of carbonyl (C=O) groups excluding carboxylic acids is 2. The summed E-state index contributed by atoms with van der Waals surface area (Å²) < 4.78 is 5.52. The van der Waals surface area contributed by atoms with Gasteiger partial charge in [-0.15, -0.1) is 0 Å². The number of ether oxygens (including phenoxy) is 1. The van der Waals surface area contributed by atoms with Crippen LogP contribution in [0.5, 0.6) is 5.75 Å². The highest BCUT2D eigenvalue weighted by Gasteiger charge is 2.07. The van der Waals surface area contributed by atoms with Crippen molar-refractivity contribution >= 4 is 17.5 Å². The van der Waals surface area contributed by atoms with Gasteiger partial charge in [0.15, 0.2) is 0 Å². The molecule has 132 valence electrons. The van der Waals surface area contributed by atoms with Crippen LogP contribution in [0.3, 0.4) is 0 Å². The van der Waals surface area contributed by atoms with Crippen molar-refractivity contribution in [2.45, 2.75) is 19.9 Å². The first-order valence-electron chi connectivity index (χ1n) is 8.21. The van der Waals surface area contributed by atoms with Gasteiger partial charge in [-0.25, -0.2) is 0 Å². The topological polar surface area (TPSA) is 93.4 Å². The molecule has 0 aliphatic rings. The number of nitrogens with two attached hydrogens (primary N) is 1. The number of hydrogen-bond acceptors (Lipinski definition) is 4. The van der Waals surface area contributed by atoms with E-state index in [9.17, 15) is 9.59 Å². The van der Waals surface area contributed by atoms with Gasteiger partial charge >= 0.3 is 0 Å². The number of hydrogen-bond donors (Lipinski definition) is 3. The monoisotopic (exact) mass is 341 g/mol. The Kier molecular flexibility index (Phi) is 6.98. The van der Waals surface area contributed by atoms with Crippen molar-refractivity contribution in [3.63, 3.8) is 0 Å². The van der Waals surface area contributed by atoms with Crippen molar-refractivity contribution < 1.29 is 14.3 Å². The lowest BCUT2D eigenvalue weighted by Gasteiger charge is -2.12. The van der Waals surface area contributed by atoms with E-state index in [0.29, 0.717) is 17.9 Å². The second-order valence-corrected chi connectivity index (χ2v) is 5.48. The summed E-state index contributed by atoms with van der Waals surface area (Å²) in [4.78, 5) is 23.3. The summed E-state index contributed by atoms with van der Waals surface area (Å²) in [7, 11) is 0. The standard InChI is InChI=1S/C19H23N3O3/c1-2-21-13-15-6-3-4-9-17(15)22-18(23)10-11-25-16-8-5-7-14(12-16)19(20)24/h3-9,12,21H,2,10-11,13H2,1H3,(H2,20,24)(H,22,23). The Balaban J connectivity index is 1.85. The molecular formula is C19H23N3O3. The van der Waals surface area contributed by atoms with Crippen LogP contribution in [-0.2, 0) is 11.3 Å². The lowest BCUT2D eigenvalue weighted by molar-refractivity contribution is -0.116. The zero-order valence-corrected chi connectivity index (χ0v) is 14.2. The Morgan fingerprint density at radius 1 is 1.12 bits per heavy atom. The number of anilines is 1. The Hall–Kier alpha value is -2.86. The fourth-order valence-electron chi connectivity index (χ4n) is 2.27. The molecule has 4 N–H and O–H groups in total. The average molecular weight is 341 g/mol. The van der Waals surface area contributed by atoms with Crippen molar-refractivity contribution in [2.24, 2.45) is 5.73 Å². The predicted molar refractivity (Wildman–Crippen MR) is 97.5 cm³/mol. The predicted octanol–water partition coefficient (Wildman–Crippen LogP) is 2.30. The third-order valence-corrected chi connectivity index (χ3v) is 3.57. The Morgan fingerprint density at radius 3 is 2.68 bits per heavy atom. The molecule has 0 radical (unpaired) electrons. The first kappa shape index (κ1) is 18.5. The number of para-hydroxylation sites is 1. The number of carbonyl (C=O) groups is 2. The molecule has 0 aliphatic carbocycles.